The van der Waals surface area contributed by atoms with E-state index in [1.165, 1.54) is 0 Å². The minimum absolute atomic E-state index is 0.215. The summed E-state index contributed by atoms with van der Waals surface area (Å²) in [5.41, 5.74) is 0. The average molecular weight is 202 g/mol. The second-order valence-electron chi connectivity index (χ2n) is 4.17. The van der Waals surface area contributed by atoms with E-state index in [1.54, 1.807) is 7.11 Å². The molecule has 1 saturated heterocycles. The van der Waals surface area contributed by atoms with Gasteiger partial charge in [0.1, 0.15) is 0 Å². The van der Waals surface area contributed by atoms with Crippen LogP contribution in [0, 0.1) is 5.92 Å². The van der Waals surface area contributed by atoms with E-state index in [2.05, 4.69) is 0 Å². The third kappa shape index (κ3) is 3.95. The highest BCUT2D eigenvalue weighted by Gasteiger charge is 2.22. The Labute approximate surface area is 86.4 Å². The number of aliphatic hydroxyl groups is 1. The summed E-state index contributed by atoms with van der Waals surface area (Å²) >= 11 is 0. The van der Waals surface area contributed by atoms with E-state index < -0.39 is 0 Å². The molecule has 0 aliphatic carbocycles. The summed E-state index contributed by atoms with van der Waals surface area (Å²) in [6, 6.07) is 0. The van der Waals surface area contributed by atoms with Gasteiger partial charge in [0, 0.05) is 19.6 Å². The molecule has 1 N–H and O–H groups in total. The molecule has 0 aromatic carbocycles. The lowest BCUT2D eigenvalue weighted by Gasteiger charge is -2.27. The average Bonchev–Trinajstić information content (AvgIpc) is 2.26. The molecule has 3 unspecified atom stereocenters. The van der Waals surface area contributed by atoms with Crippen LogP contribution >= 0.6 is 0 Å². The zero-order chi connectivity index (χ0) is 10.4. The third-order valence-corrected chi connectivity index (χ3v) is 3.01. The van der Waals surface area contributed by atoms with Gasteiger partial charge in [0.15, 0.2) is 0 Å². The number of rotatable bonds is 5. The zero-order valence-corrected chi connectivity index (χ0v) is 9.24. The standard InChI is InChI=1S/C11H22O3/c1-9(13-2)5-6-11(12)10-4-3-7-14-8-10/h9-12H,3-8H2,1-2H3. The van der Waals surface area contributed by atoms with Gasteiger partial charge in [-0.1, -0.05) is 0 Å². The number of hydrogen-bond acceptors (Lipinski definition) is 3. The lowest BCUT2D eigenvalue weighted by molar-refractivity contribution is -0.0178. The number of methoxy groups -OCH3 is 1. The first kappa shape index (κ1) is 12.0. The van der Waals surface area contributed by atoms with Crippen LogP contribution in [0.1, 0.15) is 32.6 Å². The molecule has 1 fully saturated rings. The van der Waals surface area contributed by atoms with Crippen molar-refractivity contribution in [1.82, 2.24) is 0 Å². The lowest BCUT2D eigenvalue weighted by Crippen LogP contribution is -2.29. The molecule has 0 radical (unpaired) electrons. The molecule has 84 valence electrons. The van der Waals surface area contributed by atoms with E-state index in [0.717, 1.165) is 38.9 Å². The van der Waals surface area contributed by atoms with E-state index in [-0.39, 0.29) is 12.2 Å². The van der Waals surface area contributed by atoms with Gasteiger partial charge in [0.2, 0.25) is 0 Å². The predicted octanol–water partition coefficient (Wildman–Crippen LogP) is 1.59. The van der Waals surface area contributed by atoms with E-state index >= 15 is 0 Å². The SMILES string of the molecule is COC(C)CCC(O)C1CCCOC1. The molecule has 0 saturated carbocycles. The zero-order valence-electron chi connectivity index (χ0n) is 9.24. The molecule has 0 aromatic heterocycles. The summed E-state index contributed by atoms with van der Waals surface area (Å²) in [6.45, 7) is 3.62. The van der Waals surface area contributed by atoms with Crippen LogP contribution in [0.15, 0.2) is 0 Å². The van der Waals surface area contributed by atoms with Crippen molar-refractivity contribution in [2.45, 2.75) is 44.8 Å². The lowest BCUT2D eigenvalue weighted by atomic mass is 9.92. The highest BCUT2D eigenvalue weighted by molar-refractivity contribution is 4.72. The molecule has 3 nitrogen and oxygen atoms in total. The number of hydrogen-bond donors (Lipinski definition) is 1. The molecule has 3 heteroatoms. The molecule has 1 rings (SSSR count). The Hall–Kier alpha value is -0.120. The Bertz CT molecular complexity index is 143. The Balaban J connectivity index is 2.16. The maximum absolute atomic E-state index is 9.88. The second-order valence-corrected chi connectivity index (χ2v) is 4.17. The summed E-state index contributed by atoms with van der Waals surface area (Å²) in [4.78, 5) is 0. The normalized spacial score (nSPS) is 27.2. The second kappa shape index (κ2) is 6.38. The molecular formula is C11H22O3. The molecule has 0 spiro atoms. The van der Waals surface area contributed by atoms with Crippen molar-refractivity contribution in [1.29, 1.82) is 0 Å². The van der Waals surface area contributed by atoms with Gasteiger partial charge in [-0.15, -0.1) is 0 Å². The molecular weight excluding hydrogens is 180 g/mol. The van der Waals surface area contributed by atoms with Crippen LogP contribution in [0.5, 0.6) is 0 Å². The van der Waals surface area contributed by atoms with Crippen molar-refractivity contribution in [3.05, 3.63) is 0 Å². The largest absolute Gasteiger partial charge is 0.393 e. The summed E-state index contributed by atoms with van der Waals surface area (Å²) in [5.74, 6) is 0.341. The number of ether oxygens (including phenoxy) is 2. The maximum Gasteiger partial charge on any atom is 0.0591 e. The van der Waals surface area contributed by atoms with Gasteiger partial charge in [-0.3, -0.25) is 0 Å². The molecule has 3 atom stereocenters. The Morgan fingerprint density at radius 2 is 2.29 bits per heavy atom. The molecule has 0 bridgehead atoms. The van der Waals surface area contributed by atoms with Gasteiger partial charge in [-0.2, -0.15) is 0 Å². The van der Waals surface area contributed by atoms with Crippen molar-refractivity contribution in [2.75, 3.05) is 20.3 Å². The van der Waals surface area contributed by atoms with Crippen LogP contribution in [-0.4, -0.2) is 37.6 Å². The minimum atomic E-state index is -0.215. The fourth-order valence-corrected chi connectivity index (χ4v) is 1.83. The van der Waals surface area contributed by atoms with E-state index in [4.69, 9.17) is 9.47 Å². The van der Waals surface area contributed by atoms with Crippen molar-refractivity contribution < 1.29 is 14.6 Å². The van der Waals surface area contributed by atoms with Crippen LogP contribution in [-0.2, 0) is 9.47 Å². The Kier molecular flexibility index (Phi) is 5.45. The van der Waals surface area contributed by atoms with Crippen LogP contribution in [0.4, 0.5) is 0 Å². The van der Waals surface area contributed by atoms with Crippen molar-refractivity contribution in [3.63, 3.8) is 0 Å². The molecule has 0 amide bonds. The van der Waals surface area contributed by atoms with Crippen LogP contribution in [0.3, 0.4) is 0 Å². The molecule has 0 aromatic rings. The summed E-state index contributed by atoms with van der Waals surface area (Å²) in [5, 5.41) is 9.88. The Morgan fingerprint density at radius 1 is 1.50 bits per heavy atom. The summed E-state index contributed by atoms with van der Waals surface area (Å²) in [7, 11) is 1.71. The van der Waals surface area contributed by atoms with E-state index in [9.17, 15) is 5.11 Å². The minimum Gasteiger partial charge on any atom is -0.393 e. The topological polar surface area (TPSA) is 38.7 Å². The van der Waals surface area contributed by atoms with Crippen LogP contribution in [0.2, 0.25) is 0 Å². The van der Waals surface area contributed by atoms with Crippen LogP contribution in [0.25, 0.3) is 0 Å². The fourth-order valence-electron chi connectivity index (χ4n) is 1.83. The van der Waals surface area contributed by atoms with E-state index in [0.29, 0.717) is 5.92 Å². The monoisotopic (exact) mass is 202 g/mol. The predicted molar refractivity (Wildman–Crippen MR) is 55.3 cm³/mol. The number of aliphatic hydroxyl groups excluding tert-OH is 1. The van der Waals surface area contributed by atoms with Gasteiger partial charge in [-0.25, -0.2) is 0 Å². The van der Waals surface area contributed by atoms with Crippen molar-refractivity contribution in [2.24, 2.45) is 5.92 Å². The highest BCUT2D eigenvalue weighted by Crippen LogP contribution is 2.21. The smallest absolute Gasteiger partial charge is 0.0591 e. The first-order valence-electron chi connectivity index (χ1n) is 5.52. The highest BCUT2D eigenvalue weighted by atomic mass is 16.5. The first-order valence-corrected chi connectivity index (χ1v) is 5.52. The summed E-state index contributed by atoms with van der Waals surface area (Å²) in [6.07, 6.45) is 3.96. The Morgan fingerprint density at radius 3 is 2.86 bits per heavy atom. The summed E-state index contributed by atoms with van der Waals surface area (Å²) < 4.78 is 10.5. The molecule has 1 heterocycles. The van der Waals surface area contributed by atoms with Gasteiger partial charge in [-0.05, 0) is 32.6 Å². The van der Waals surface area contributed by atoms with Gasteiger partial charge < -0.3 is 14.6 Å². The first-order chi connectivity index (χ1) is 6.74. The van der Waals surface area contributed by atoms with Crippen LogP contribution < -0.4 is 0 Å². The van der Waals surface area contributed by atoms with Crippen molar-refractivity contribution >= 4 is 0 Å². The molecule has 14 heavy (non-hydrogen) atoms. The fraction of sp³-hybridized carbons (Fsp3) is 1.00. The van der Waals surface area contributed by atoms with Gasteiger partial charge in [0.25, 0.3) is 0 Å². The molecule has 1 aliphatic rings. The maximum atomic E-state index is 9.88. The quantitative estimate of drug-likeness (QED) is 0.735. The molecule has 1 aliphatic heterocycles. The third-order valence-electron chi connectivity index (χ3n) is 3.01. The van der Waals surface area contributed by atoms with Crippen molar-refractivity contribution in [3.8, 4) is 0 Å². The van der Waals surface area contributed by atoms with Gasteiger partial charge >= 0.3 is 0 Å². The van der Waals surface area contributed by atoms with E-state index in [1.807, 2.05) is 6.92 Å². The van der Waals surface area contributed by atoms with Gasteiger partial charge in [0.05, 0.1) is 18.8 Å².